The number of aliphatic hydroxyl groups excluding tert-OH is 1. The van der Waals surface area contributed by atoms with Gasteiger partial charge in [-0.1, -0.05) is 94.0 Å². The van der Waals surface area contributed by atoms with E-state index in [0.29, 0.717) is 32.5 Å². The van der Waals surface area contributed by atoms with Crippen molar-refractivity contribution in [2.75, 3.05) is 24.6 Å². The zero-order valence-corrected chi connectivity index (χ0v) is 27.0. The van der Waals surface area contributed by atoms with Gasteiger partial charge in [-0.3, -0.25) is 14.4 Å². The van der Waals surface area contributed by atoms with E-state index in [1.165, 1.54) is 0 Å². The maximum absolute atomic E-state index is 15.0. The summed E-state index contributed by atoms with van der Waals surface area (Å²) in [5, 5.41) is 10.7. The van der Waals surface area contributed by atoms with Gasteiger partial charge >= 0.3 is 0 Å². The summed E-state index contributed by atoms with van der Waals surface area (Å²) in [6.07, 6.45) is 8.93. The number of benzene rings is 2. The Bertz CT molecular complexity index is 1540. The molecule has 2 saturated heterocycles. The summed E-state index contributed by atoms with van der Waals surface area (Å²) in [4.78, 5) is 49.8. The zero-order chi connectivity index (χ0) is 32.1. The number of hydrogen-bond donors (Lipinski definition) is 1. The quantitative estimate of drug-likeness (QED) is 0.442. The highest BCUT2D eigenvalue weighted by Crippen LogP contribution is 2.59. The summed E-state index contributed by atoms with van der Waals surface area (Å²) >= 11 is 0. The molecule has 8 heteroatoms. The van der Waals surface area contributed by atoms with E-state index in [2.05, 4.69) is 0 Å². The minimum absolute atomic E-state index is 0.0840. The number of amides is 3. The third-order valence-corrected chi connectivity index (χ3v) is 10.7. The van der Waals surface area contributed by atoms with E-state index in [9.17, 15) is 19.5 Å². The molecule has 4 aliphatic rings. The topological polar surface area (TPSA) is 90.4 Å². The van der Waals surface area contributed by atoms with Gasteiger partial charge in [-0.25, -0.2) is 0 Å². The van der Waals surface area contributed by atoms with Crippen LogP contribution >= 0.6 is 0 Å². The van der Waals surface area contributed by atoms with Crippen LogP contribution in [0.1, 0.15) is 50.3 Å². The third-order valence-electron chi connectivity index (χ3n) is 10.7. The molecule has 7 atom stereocenters. The predicted molar refractivity (Wildman–Crippen MR) is 173 cm³/mol. The molecule has 45 heavy (non-hydrogen) atoms. The van der Waals surface area contributed by atoms with Crippen molar-refractivity contribution in [3.8, 4) is 0 Å². The van der Waals surface area contributed by atoms with E-state index in [1.54, 1.807) is 14.7 Å². The summed E-state index contributed by atoms with van der Waals surface area (Å²) in [5.41, 5.74) is 1.32. The number of nitrogens with zero attached hydrogens (tertiary/aromatic N) is 3. The first-order valence-corrected chi connectivity index (χ1v) is 16.3. The standard InChI is InChI=1S/C37H45N3O5/c1-6-25(4)29(23-41)40-32-35(44)39(28-21-24(3)15-16-26(28)5)20-12-18-37(32)31(34(40)43)30-33(42)38(22-27-13-9-8-10-14-27)19-11-17-36(30,7-2)45-37/h8-18,21,25,29-32,41H,6-7,19-20,22-23H2,1-5H3/t25-,29-,30-,31-,32?,36+,37-/m0/s1. The van der Waals surface area contributed by atoms with Gasteiger partial charge in [-0.05, 0) is 48.9 Å². The highest BCUT2D eigenvalue weighted by atomic mass is 16.5. The van der Waals surface area contributed by atoms with E-state index in [-0.39, 0.29) is 30.2 Å². The van der Waals surface area contributed by atoms with Crippen molar-refractivity contribution in [1.29, 1.82) is 0 Å². The van der Waals surface area contributed by atoms with Crippen LogP contribution in [0.25, 0.3) is 0 Å². The number of rotatable bonds is 8. The van der Waals surface area contributed by atoms with Crippen LogP contribution < -0.4 is 4.90 Å². The number of carbonyl (C=O) groups is 3. The molecule has 2 fully saturated rings. The average molecular weight is 612 g/mol. The van der Waals surface area contributed by atoms with Gasteiger partial charge in [0.1, 0.15) is 11.6 Å². The molecule has 6 rings (SSSR count). The van der Waals surface area contributed by atoms with Gasteiger partial charge in [0.25, 0.3) is 5.91 Å². The van der Waals surface area contributed by atoms with Crippen molar-refractivity contribution in [2.45, 2.75) is 77.3 Å². The van der Waals surface area contributed by atoms with Crippen LogP contribution in [0.15, 0.2) is 72.8 Å². The Morgan fingerprint density at radius 2 is 1.67 bits per heavy atom. The predicted octanol–water partition coefficient (Wildman–Crippen LogP) is 4.57. The van der Waals surface area contributed by atoms with Gasteiger partial charge in [-0.15, -0.1) is 0 Å². The smallest absolute Gasteiger partial charge is 0.253 e. The Hall–Kier alpha value is -3.75. The lowest BCUT2D eigenvalue weighted by Gasteiger charge is -2.42. The van der Waals surface area contributed by atoms with Gasteiger partial charge < -0.3 is 24.5 Å². The molecule has 1 unspecified atom stereocenters. The Morgan fingerprint density at radius 1 is 0.933 bits per heavy atom. The van der Waals surface area contributed by atoms with E-state index < -0.39 is 35.1 Å². The first-order chi connectivity index (χ1) is 21.6. The number of ether oxygens (including phenoxy) is 1. The fourth-order valence-electron chi connectivity index (χ4n) is 8.09. The van der Waals surface area contributed by atoms with Gasteiger partial charge in [0, 0.05) is 25.3 Å². The van der Waals surface area contributed by atoms with Crippen molar-refractivity contribution in [3.63, 3.8) is 0 Å². The molecule has 4 aliphatic heterocycles. The Kier molecular flexibility index (Phi) is 8.25. The number of carbonyl (C=O) groups excluding carboxylic acids is 3. The van der Waals surface area contributed by atoms with Gasteiger partial charge in [0.2, 0.25) is 11.8 Å². The minimum atomic E-state index is -1.38. The summed E-state index contributed by atoms with van der Waals surface area (Å²) in [7, 11) is 0. The summed E-state index contributed by atoms with van der Waals surface area (Å²) in [5.74, 6) is -2.55. The molecule has 1 spiro atoms. The maximum atomic E-state index is 15.0. The molecule has 0 saturated carbocycles. The fraction of sp³-hybridized carbons (Fsp3) is 0.486. The van der Waals surface area contributed by atoms with Crippen molar-refractivity contribution >= 4 is 23.4 Å². The number of anilines is 1. The molecule has 2 aromatic carbocycles. The summed E-state index contributed by atoms with van der Waals surface area (Å²) in [6, 6.07) is 14.2. The second kappa shape index (κ2) is 11.9. The highest BCUT2D eigenvalue weighted by molar-refractivity contribution is 6.06. The molecule has 0 aliphatic carbocycles. The maximum Gasteiger partial charge on any atom is 0.253 e. The van der Waals surface area contributed by atoms with Crippen LogP contribution in [0.3, 0.4) is 0 Å². The zero-order valence-electron chi connectivity index (χ0n) is 27.0. The normalized spacial score (nSPS) is 30.6. The number of hydrogen-bond acceptors (Lipinski definition) is 5. The van der Waals surface area contributed by atoms with Gasteiger partial charge in [0.15, 0.2) is 0 Å². The van der Waals surface area contributed by atoms with Crippen molar-refractivity contribution in [1.82, 2.24) is 9.80 Å². The molecule has 8 nitrogen and oxygen atoms in total. The molecular weight excluding hydrogens is 566 g/mol. The molecular formula is C37H45N3O5. The number of aryl methyl sites for hydroxylation is 2. The minimum Gasteiger partial charge on any atom is -0.394 e. The van der Waals surface area contributed by atoms with Crippen molar-refractivity contribution in [2.24, 2.45) is 17.8 Å². The molecule has 0 bridgehead atoms. The van der Waals surface area contributed by atoms with Gasteiger partial charge in [-0.2, -0.15) is 0 Å². The fourth-order valence-corrected chi connectivity index (χ4v) is 8.09. The van der Waals surface area contributed by atoms with Crippen LogP contribution in [0.5, 0.6) is 0 Å². The van der Waals surface area contributed by atoms with Crippen molar-refractivity contribution in [3.05, 3.63) is 89.5 Å². The first kappa shape index (κ1) is 31.2. The lowest BCUT2D eigenvalue weighted by Crippen LogP contribution is -2.60. The van der Waals surface area contributed by atoms with E-state index in [1.807, 2.05) is 107 Å². The molecule has 0 aromatic heterocycles. The number of likely N-dealkylation sites (tertiary alicyclic amines) is 1. The molecule has 0 radical (unpaired) electrons. The van der Waals surface area contributed by atoms with E-state index >= 15 is 0 Å². The van der Waals surface area contributed by atoms with E-state index in [4.69, 9.17) is 4.74 Å². The Morgan fingerprint density at radius 3 is 2.36 bits per heavy atom. The van der Waals surface area contributed by atoms with Crippen LogP contribution in [0.4, 0.5) is 5.69 Å². The molecule has 4 heterocycles. The number of aliphatic hydroxyl groups is 1. The highest BCUT2D eigenvalue weighted by Gasteiger charge is 2.76. The van der Waals surface area contributed by atoms with E-state index in [0.717, 1.165) is 22.4 Å². The first-order valence-electron chi connectivity index (χ1n) is 16.3. The summed E-state index contributed by atoms with van der Waals surface area (Å²) in [6.45, 7) is 10.8. The van der Waals surface area contributed by atoms with Crippen LogP contribution in [-0.2, 0) is 25.7 Å². The SMILES string of the molecule is CC[C@H](C)[C@H](CO)N1C(=O)[C@@H]2[C@H]3C(=O)N(Cc4ccccc4)CC=C[C@@]3(CC)O[C@@]23C=CCN(c2cc(C)ccc2C)C(=O)C13. The third kappa shape index (κ3) is 4.84. The second-order valence-corrected chi connectivity index (χ2v) is 13.3. The van der Waals surface area contributed by atoms with Crippen LogP contribution in [-0.4, -0.2) is 75.6 Å². The molecule has 2 aromatic rings. The van der Waals surface area contributed by atoms with Crippen LogP contribution in [0, 0.1) is 31.6 Å². The van der Waals surface area contributed by atoms with Gasteiger partial charge in [0.05, 0.1) is 30.1 Å². The molecule has 3 amide bonds. The largest absolute Gasteiger partial charge is 0.394 e. The number of fused-ring (bicyclic) bond motifs is 2. The average Bonchev–Trinajstić information content (AvgIpc) is 3.34. The van der Waals surface area contributed by atoms with Crippen LogP contribution in [0.2, 0.25) is 0 Å². The molecule has 238 valence electrons. The lowest BCUT2D eigenvalue weighted by molar-refractivity contribution is -0.154. The Balaban J connectivity index is 1.51. The lowest BCUT2D eigenvalue weighted by atomic mass is 9.73. The second-order valence-electron chi connectivity index (χ2n) is 13.3. The molecule has 1 N–H and O–H groups in total. The van der Waals surface area contributed by atoms with Crippen molar-refractivity contribution < 1.29 is 24.2 Å². The Labute approximate surface area is 266 Å². The monoisotopic (exact) mass is 611 g/mol. The summed E-state index contributed by atoms with van der Waals surface area (Å²) < 4.78 is 7.15.